The largest absolute Gasteiger partial charge is 0.477 e. The summed E-state index contributed by atoms with van der Waals surface area (Å²) in [6, 6.07) is -1.31. The number of carboxylic acid groups (broad SMARTS) is 1. The molecule has 0 spiro atoms. The predicted molar refractivity (Wildman–Crippen MR) is 114 cm³/mol. The number of piperidine rings is 1. The Morgan fingerprint density at radius 2 is 2.21 bits per heavy atom. The first-order chi connectivity index (χ1) is 15.8. The summed E-state index contributed by atoms with van der Waals surface area (Å²) in [5.41, 5.74) is 5.78. The molecule has 2 fully saturated rings. The smallest absolute Gasteiger partial charge is 0.353 e. The molecule has 3 aliphatic rings. The van der Waals surface area contributed by atoms with Gasteiger partial charge in [0, 0.05) is 29.8 Å². The minimum absolute atomic E-state index is 0.0701. The topological polar surface area (TPSA) is 182 Å². The van der Waals surface area contributed by atoms with E-state index in [9.17, 15) is 19.5 Å². The number of carboxylic acids is 1. The number of likely N-dealkylation sites (tertiary alicyclic amines) is 1. The van der Waals surface area contributed by atoms with Crippen LogP contribution in [0.1, 0.15) is 12.1 Å². The fraction of sp³-hybridized carbons (Fsp3) is 0.412. The highest BCUT2D eigenvalue weighted by Gasteiger charge is 2.64. The van der Waals surface area contributed by atoms with E-state index in [4.69, 9.17) is 10.6 Å². The lowest BCUT2D eigenvalue weighted by atomic mass is 9.80. The van der Waals surface area contributed by atoms with E-state index in [2.05, 4.69) is 25.7 Å². The van der Waals surface area contributed by atoms with E-state index < -0.39 is 29.9 Å². The van der Waals surface area contributed by atoms with E-state index in [0.29, 0.717) is 16.5 Å². The third-order valence-electron chi connectivity index (χ3n) is 5.75. The highest BCUT2D eigenvalue weighted by Crippen LogP contribution is 2.53. The molecule has 2 amide bonds. The van der Waals surface area contributed by atoms with Crippen molar-refractivity contribution in [3.05, 3.63) is 21.7 Å². The van der Waals surface area contributed by atoms with E-state index in [1.807, 2.05) is 0 Å². The van der Waals surface area contributed by atoms with Crippen molar-refractivity contribution in [3.63, 3.8) is 0 Å². The van der Waals surface area contributed by atoms with Gasteiger partial charge in [-0.15, -0.1) is 16.4 Å². The highest BCUT2D eigenvalue weighted by molar-refractivity contribution is 8.03. The van der Waals surface area contributed by atoms with E-state index in [1.54, 1.807) is 12.4 Å². The number of tetrazole rings is 1. The van der Waals surface area contributed by atoms with Crippen LogP contribution in [0.5, 0.6) is 0 Å². The van der Waals surface area contributed by atoms with Gasteiger partial charge < -0.3 is 20.6 Å². The summed E-state index contributed by atoms with van der Waals surface area (Å²) < 4.78 is 1.43. The van der Waals surface area contributed by atoms with Gasteiger partial charge in [-0.25, -0.2) is 14.5 Å². The predicted octanol–water partition coefficient (Wildman–Crippen LogP) is -0.871. The number of carbonyl (C=O) groups is 3. The number of thiazole rings is 1. The molecule has 0 aromatic carbocycles. The number of nitrogen functional groups attached to an aromatic ring is 1. The molecule has 0 saturated carbocycles. The van der Waals surface area contributed by atoms with Crippen LogP contribution < -0.4 is 5.73 Å². The summed E-state index contributed by atoms with van der Waals surface area (Å²) in [7, 11) is 2.95. The van der Waals surface area contributed by atoms with Crippen LogP contribution in [-0.2, 0) is 26.3 Å². The number of aromatic nitrogens is 5. The maximum Gasteiger partial charge on any atom is 0.353 e. The Kier molecular flexibility index (Phi) is 5.04. The van der Waals surface area contributed by atoms with Gasteiger partial charge in [0.15, 0.2) is 10.8 Å². The van der Waals surface area contributed by atoms with Crippen molar-refractivity contribution < 1.29 is 24.3 Å². The number of anilines is 1. The minimum atomic E-state index is -1.22. The number of nitrogens with two attached hydrogens (primary N) is 1. The highest BCUT2D eigenvalue weighted by atomic mass is 32.2. The van der Waals surface area contributed by atoms with Crippen LogP contribution in [-0.4, -0.2) is 89.3 Å². The molecule has 33 heavy (non-hydrogen) atoms. The van der Waals surface area contributed by atoms with Crippen LogP contribution in [0.4, 0.5) is 5.13 Å². The number of rotatable bonds is 6. The first-order valence-corrected chi connectivity index (χ1v) is 11.4. The van der Waals surface area contributed by atoms with Gasteiger partial charge in [-0.3, -0.25) is 14.5 Å². The van der Waals surface area contributed by atoms with Crippen LogP contribution in [0.3, 0.4) is 0 Å². The van der Waals surface area contributed by atoms with Crippen molar-refractivity contribution in [3.8, 4) is 0 Å². The Morgan fingerprint density at radius 3 is 2.82 bits per heavy atom. The average molecular weight is 492 g/mol. The summed E-state index contributed by atoms with van der Waals surface area (Å²) in [5, 5.41) is 27.2. The maximum atomic E-state index is 13.4. The third-order valence-corrected chi connectivity index (χ3v) is 7.67. The number of oxime groups is 1. The standard InChI is InChI=1S/C17H17N9O5S2/c1-24-17(20-22-23-24)33-12-6-3-4-25(10-9(6)26(14(10)28)11(12)15(29)30)13(27)8(21-31-2)7-5-32-16(18)19-7/h5-6,9-10H,3-4H2,1-2H3,(H2,18,19)(H,29,30)/b21-8-/t6?,9-,10+/m1/s1. The molecule has 0 radical (unpaired) electrons. The number of aliphatic carboxylic acids is 1. The summed E-state index contributed by atoms with van der Waals surface area (Å²) in [6.45, 7) is 0.223. The van der Waals surface area contributed by atoms with Crippen LogP contribution in [0.2, 0.25) is 0 Å². The molecular weight excluding hydrogens is 474 g/mol. The number of aryl methyl sites for hydroxylation is 1. The van der Waals surface area contributed by atoms with Crippen molar-refractivity contribution in [2.24, 2.45) is 18.1 Å². The van der Waals surface area contributed by atoms with E-state index >= 15 is 0 Å². The van der Waals surface area contributed by atoms with Crippen LogP contribution in [0.15, 0.2) is 26.3 Å². The number of nitrogens with zero attached hydrogens (tertiary/aromatic N) is 8. The lowest BCUT2D eigenvalue weighted by Gasteiger charge is -2.53. The Balaban J connectivity index is 1.46. The zero-order valence-electron chi connectivity index (χ0n) is 17.3. The summed E-state index contributed by atoms with van der Waals surface area (Å²) in [5.74, 6) is -2.47. The Morgan fingerprint density at radius 1 is 1.42 bits per heavy atom. The zero-order valence-corrected chi connectivity index (χ0v) is 18.9. The summed E-state index contributed by atoms with van der Waals surface area (Å²) in [6.07, 6.45) is 0.445. The molecule has 3 aliphatic heterocycles. The van der Waals surface area contributed by atoms with E-state index in [0.717, 1.165) is 23.1 Å². The Bertz CT molecular complexity index is 1240. The number of carbonyl (C=O) groups excluding carboxylic acids is 2. The van der Waals surface area contributed by atoms with Crippen molar-refractivity contribution in [2.45, 2.75) is 23.7 Å². The van der Waals surface area contributed by atoms with Gasteiger partial charge in [0.1, 0.15) is 24.5 Å². The second kappa shape index (κ2) is 7.80. The van der Waals surface area contributed by atoms with Gasteiger partial charge in [0.2, 0.25) is 5.16 Å². The van der Waals surface area contributed by atoms with Gasteiger partial charge in [-0.05, 0) is 28.6 Å². The van der Waals surface area contributed by atoms with E-state index in [-0.39, 0.29) is 34.7 Å². The zero-order chi connectivity index (χ0) is 23.4. The first kappa shape index (κ1) is 21.3. The minimum Gasteiger partial charge on any atom is -0.477 e. The van der Waals surface area contributed by atoms with E-state index in [1.165, 1.54) is 21.6 Å². The molecular formula is C17H17N9O5S2. The molecule has 3 atom stereocenters. The van der Waals surface area contributed by atoms with Crippen molar-refractivity contribution in [1.82, 2.24) is 35.0 Å². The third kappa shape index (κ3) is 3.16. The fourth-order valence-corrected chi connectivity index (χ4v) is 6.11. The molecule has 3 N–H and O–H groups in total. The van der Waals surface area contributed by atoms with Gasteiger partial charge >= 0.3 is 5.97 Å². The molecule has 1 unspecified atom stereocenters. The molecule has 5 heterocycles. The van der Waals surface area contributed by atoms with Gasteiger partial charge in [0.25, 0.3) is 11.8 Å². The fourth-order valence-electron chi connectivity index (χ4n) is 4.43. The molecule has 5 rings (SSSR count). The van der Waals surface area contributed by atoms with Crippen LogP contribution >= 0.6 is 23.1 Å². The van der Waals surface area contributed by atoms with Gasteiger partial charge in [-0.2, -0.15) is 0 Å². The first-order valence-electron chi connectivity index (χ1n) is 9.67. The SMILES string of the molecule is CO/N=C(\C(=O)N1CCC2C(Sc3nnnn3C)=C(C(=O)O)N3C(=O)[C@@H]1[C@@H]23)c1csc(N)n1. The molecule has 0 bridgehead atoms. The molecule has 2 aromatic rings. The molecule has 2 saturated heterocycles. The Labute approximate surface area is 194 Å². The van der Waals surface area contributed by atoms with Crippen LogP contribution in [0.25, 0.3) is 0 Å². The molecule has 172 valence electrons. The average Bonchev–Trinajstić information content (AvgIpc) is 3.48. The lowest BCUT2D eigenvalue weighted by Crippen LogP contribution is -2.74. The number of thioether (sulfide) groups is 1. The second-order valence-corrected chi connectivity index (χ2v) is 9.33. The number of hydrogen-bond acceptors (Lipinski definition) is 12. The molecule has 2 aromatic heterocycles. The lowest BCUT2D eigenvalue weighted by molar-refractivity contribution is -0.166. The van der Waals surface area contributed by atoms with Crippen molar-refractivity contribution >= 4 is 51.7 Å². The monoisotopic (exact) mass is 491 g/mol. The summed E-state index contributed by atoms with van der Waals surface area (Å²) >= 11 is 2.27. The normalized spacial score (nSPS) is 24.1. The van der Waals surface area contributed by atoms with Crippen molar-refractivity contribution in [2.75, 3.05) is 19.4 Å². The summed E-state index contributed by atoms with van der Waals surface area (Å²) in [4.78, 5) is 50.7. The number of hydrogen-bond donors (Lipinski definition) is 2. The van der Waals surface area contributed by atoms with Crippen molar-refractivity contribution in [1.29, 1.82) is 0 Å². The number of amides is 2. The Hall–Kier alpha value is -3.53. The molecule has 0 aliphatic carbocycles. The maximum absolute atomic E-state index is 13.4. The molecule has 16 heteroatoms. The number of β-lactam (4-membered cyclic amide) rings is 1. The molecule has 14 nitrogen and oxygen atoms in total. The van der Waals surface area contributed by atoms with Gasteiger partial charge in [0.05, 0.1) is 6.04 Å². The second-order valence-electron chi connectivity index (χ2n) is 7.44. The van der Waals surface area contributed by atoms with Gasteiger partial charge in [-0.1, -0.05) is 5.16 Å². The van der Waals surface area contributed by atoms with Crippen LogP contribution in [0, 0.1) is 5.92 Å². The quantitative estimate of drug-likeness (QED) is 0.291.